The molecule has 0 saturated heterocycles. The van der Waals surface area contributed by atoms with Crippen LogP contribution in [0.15, 0.2) is 267 Å². The van der Waals surface area contributed by atoms with E-state index in [-0.39, 0.29) is 34.6 Å². The second kappa shape index (κ2) is 48.4. The number of carboxylic acids is 2. The van der Waals surface area contributed by atoms with Crippen LogP contribution in [0.2, 0.25) is 0 Å². The predicted octanol–water partition coefficient (Wildman–Crippen LogP) is 27.3. The Morgan fingerprint density at radius 2 is 0.643 bits per heavy atom. The number of carboxylic acid groups (broad SMARTS) is 2. The van der Waals surface area contributed by atoms with Crippen LogP contribution in [0.3, 0.4) is 0 Å². The van der Waals surface area contributed by atoms with Gasteiger partial charge in [0.15, 0.2) is 11.5 Å². The van der Waals surface area contributed by atoms with Crippen molar-refractivity contribution in [3.8, 4) is 57.5 Å². The summed E-state index contributed by atoms with van der Waals surface area (Å²) in [6.07, 6.45) is 27.2. The Morgan fingerprint density at radius 1 is 0.326 bits per heavy atom. The van der Waals surface area contributed by atoms with Gasteiger partial charge < -0.3 is 78.1 Å². The van der Waals surface area contributed by atoms with Gasteiger partial charge in [-0.2, -0.15) is 0 Å². The molecule has 0 aliphatic heterocycles. The highest BCUT2D eigenvalue weighted by Gasteiger charge is 2.25. The molecule has 12 aromatic carbocycles. The van der Waals surface area contributed by atoms with Gasteiger partial charge in [-0.25, -0.2) is 9.59 Å². The second-order valence-corrected chi connectivity index (χ2v) is 33.1. The molecule has 3 amide bonds. The Balaban J connectivity index is 0.000000230. The maximum atomic E-state index is 13.3. The Bertz CT molecular complexity index is 5580. The third-order valence-electron chi connectivity index (χ3n) is 23.4. The van der Waals surface area contributed by atoms with E-state index in [0.29, 0.717) is 109 Å². The maximum Gasteiger partial charge on any atom is 0.335 e. The predicted molar refractivity (Wildman–Crippen MR) is 518 cm³/mol. The summed E-state index contributed by atoms with van der Waals surface area (Å²) in [5.41, 5.74) is 34.8. The molecule has 21 nitrogen and oxygen atoms in total. The molecule has 12 aromatic rings. The minimum atomic E-state index is -1.00. The van der Waals surface area contributed by atoms with Gasteiger partial charge in [0.1, 0.15) is 51.7 Å². The maximum absolute atomic E-state index is 13.3. The summed E-state index contributed by atoms with van der Waals surface area (Å²) in [6.45, 7) is 9.89. The van der Waals surface area contributed by atoms with Crippen molar-refractivity contribution in [1.82, 2.24) is 0 Å². The van der Waals surface area contributed by atoms with Crippen molar-refractivity contribution in [3.05, 3.63) is 323 Å². The van der Waals surface area contributed by atoms with Crippen LogP contribution in [0.5, 0.6) is 57.5 Å². The number of amides is 3. The highest BCUT2D eigenvalue weighted by Crippen LogP contribution is 2.42. The normalized spacial score (nSPS) is 14.3. The van der Waals surface area contributed by atoms with Crippen LogP contribution in [-0.4, -0.2) is 52.7 Å². The molecule has 14 N–H and O–H groups in total. The molecular weight excluding hydrogens is 1620 g/mol. The Hall–Kier alpha value is -14.3. The van der Waals surface area contributed by atoms with E-state index in [1.807, 2.05) is 69.4 Å². The topological polar surface area (TPSA) is 341 Å². The number of anilines is 8. The van der Waals surface area contributed by atoms with Crippen LogP contribution in [0.25, 0.3) is 0 Å². The molecule has 0 bridgehead atoms. The van der Waals surface area contributed by atoms with Gasteiger partial charge in [-0.3, -0.25) is 19.2 Å². The van der Waals surface area contributed by atoms with Gasteiger partial charge in [0.05, 0.1) is 22.5 Å². The fourth-order valence-electron chi connectivity index (χ4n) is 15.7. The molecule has 0 aromatic heterocycles. The minimum absolute atomic E-state index is 0.0250. The monoisotopic (exact) mass is 1740 g/mol. The number of nitrogens with two attached hydrogens (primary N) is 4. The number of carbonyl (C=O) groups excluding carboxylic acids is 4. The average Bonchev–Trinajstić information content (AvgIpc) is 0.832. The standard InChI is InChI=1S/C62H64N4O7.C25H36N2O.C14H10O5.C7H10N2/c1-5-6-7-8-9-10-43-12-14-45(15-13-43)46-18-30-56(31-19-46)73-59-38-27-51(40-58(59)63-4)65-61(69)48-22-34-54(35-23-48)72-55-36-24-49(25-37-55)62(70)66-57-39-50(26-11-41(57)2)64-60(68)47-20-32-53(33-21-47)71-52-28-16-44(17-29-52)42(3)67;1-2-3-4-5-6-7-19-8-10-20(11-9-19)21-12-15-23(16-13-21)28-25-17-14-22(26)18-24(25)27;15-13(16)9-1-5-11(6-2-9)19-12-7-3-10(4-8-12)14(17)18;1-5-2-3-6(8)4-7(5)9/h11,16-40,43,45,63H,5-10,12-15H2,1-4H3,(H,64,68)(H,65,69)(H,66,70);12-20H,2-11,26-27H2,1H3;1-8H,(H,15,16)(H,17,18);2-4H,8-9H2,1H3. The van der Waals surface area contributed by atoms with Gasteiger partial charge in [0.25, 0.3) is 17.7 Å². The van der Waals surface area contributed by atoms with E-state index in [1.54, 1.807) is 121 Å². The quantitative estimate of drug-likeness (QED) is 0.0102. The molecule has 2 saturated carbocycles. The zero-order chi connectivity index (χ0) is 91.6. The Labute approximate surface area is 757 Å². The lowest BCUT2D eigenvalue weighted by atomic mass is 9.77. The van der Waals surface area contributed by atoms with Gasteiger partial charge in [-0.1, -0.05) is 127 Å². The summed E-state index contributed by atoms with van der Waals surface area (Å²) in [6, 6.07) is 77.8. The summed E-state index contributed by atoms with van der Waals surface area (Å²) in [5.74, 6) is 6.20. The van der Waals surface area contributed by atoms with Crippen LogP contribution < -0.4 is 67.9 Å². The van der Waals surface area contributed by atoms with Gasteiger partial charge in [0, 0.05) is 63.4 Å². The van der Waals surface area contributed by atoms with Crippen molar-refractivity contribution < 1.29 is 62.7 Å². The van der Waals surface area contributed by atoms with Crippen LogP contribution in [0.4, 0.5) is 45.5 Å². The number of hydrogen-bond donors (Lipinski definition) is 10. The fraction of sp³-hybridized carbons (Fsp3) is 0.278. The fourth-order valence-corrected chi connectivity index (χ4v) is 15.7. The molecule has 0 unspecified atom stereocenters. The van der Waals surface area contributed by atoms with Crippen LogP contribution in [-0.2, 0) is 0 Å². The number of ketones is 1. The van der Waals surface area contributed by atoms with Crippen molar-refractivity contribution in [2.75, 3.05) is 51.2 Å². The molecule has 2 aliphatic carbocycles. The first-order valence-corrected chi connectivity index (χ1v) is 44.7. The van der Waals surface area contributed by atoms with E-state index in [1.165, 1.54) is 195 Å². The smallest absolute Gasteiger partial charge is 0.335 e. The zero-order valence-electron chi connectivity index (χ0n) is 74.5. The first-order chi connectivity index (χ1) is 62.4. The van der Waals surface area contributed by atoms with Gasteiger partial charge in [0.2, 0.25) is 0 Å². The Kier molecular flexibility index (Phi) is 35.8. The van der Waals surface area contributed by atoms with E-state index in [0.717, 1.165) is 51.5 Å². The second-order valence-electron chi connectivity index (χ2n) is 33.1. The van der Waals surface area contributed by atoms with E-state index in [4.69, 9.17) is 56.8 Å². The van der Waals surface area contributed by atoms with Crippen molar-refractivity contribution in [1.29, 1.82) is 0 Å². The molecule has 14 rings (SSSR count). The van der Waals surface area contributed by atoms with Crippen LogP contribution in [0, 0.1) is 25.7 Å². The van der Waals surface area contributed by atoms with Crippen molar-refractivity contribution in [2.45, 2.75) is 175 Å². The highest BCUT2D eigenvalue weighted by atomic mass is 16.5. The summed E-state index contributed by atoms with van der Waals surface area (Å²) in [4.78, 5) is 72.7. The van der Waals surface area contributed by atoms with Crippen LogP contribution >= 0.6 is 0 Å². The molecular formula is C108H120N8O13. The number of rotatable bonds is 34. The molecule has 2 fully saturated rings. The minimum Gasteiger partial charge on any atom is -0.478 e. The summed E-state index contributed by atoms with van der Waals surface area (Å²) in [5, 5.41) is 29.5. The highest BCUT2D eigenvalue weighted by molar-refractivity contribution is 6.07. The van der Waals surface area contributed by atoms with Crippen molar-refractivity contribution in [2.24, 2.45) is 11.8 Å². The zero-order valence-corrected chi connectivity index (χ0v) is 74.5. The van der Waals surface area contributed by atoms with E-state index < -0.39 is 11.9 Å². The van der Waals surface area contributed by atoms with Crippen LogP contribution in [0.1, 0.15) is 245 Å². The van der Waals surface area contributed by atoms with E-state index in [2.05, 4.69) is 83.6 Å². The number of nitrogen functional groups attached to an aromatic ring is 4. The molecule has 2 aliphatic rings. The third-order valence-corrected chi connectivity index (χ3v) is 23.4. The molecule has 0 spiro atoms. The average molecular weight is 1740 g/mol. The Morgan fingerprint density at radius 3 is 1.01 bits per heavy atom. The number of ether oxygens (including phenoxy) is 5. The SMILES string of the molecule is CCCCCCCC1CCC(c2ccc(Oc3ccc(N)cc3N)cc2)CC1.CCCCCCCC1CCC(c2ccc(Oc3ccc(NC(=O)c4ccc(Oc5ccc(C(=O)Nc6cc(NC(=O)c7ccc(Oc8ccc(C(C)=O)cc8)cc7)ccc6C)cc5)cc4)cc3NC)cc2)CC1.Cc1ccc(N)cc1N.O=C(O)c1ccc(Oc2ccc(C(=O)O)cc2)cc1. The van der Waals surface area contributed by atoms with Gasteiger partial charge in [-0.15, -0.1) is 0 Å². The van der Waals surface area contributed by atoms with E-state index >= 15 is 0 Å². The third kappa shape index (κ3) is 29.9. The number of unbranched alkanes of at least 4 members (excludes halogenated alkanes) is 8. The molecule has 0 heterocycles. The summed E-state index contributed by atoms with van der Waals surface area (Å²) < 4.78 is 29.6. The largest absolute Gasteiger partial charge is 0.478 e. The first-order valence-electron chi connectivity index (χ1n) is 44.7. The molecule has 0 radical (unpaired) electrons. The molecule has 129 heavy (non-hydrogen) atoms. The van der Waals surface area contributed by atoms with Crippen molar-refractivity contribution >= 4 is 80.9 Å². The number of Topliss-reactive ketones (excluding diaryl/α,β-unsaturated/α-hetero) is 1. The molecule has 21 heteroatoms. The number of aryl methyl sites for hydroxylation is 2. The summed E-state index contributed by atoms with van der Waals surface area (Å²) in [7, 11) is 1.83. The lowest BCUT2D eigenvalue weighted by molar-refractivity contribution is 0.0686. The number of carbonyl (C=O) groups is 6. The number of benzene rings is 12. The number of nitrogens with one attached hydrogen (secondary N) is 4. The summed E-state index contributed by atoms with van der Waals surface area (Å²) >= 11 is 0. The first kappa shape index (κ1) is 95.3. The number of aromatic carboxylic acids is 2. The lowest BCUT2D eigenvalue weighted by Crippen LogP contribution is -2.14. The lowest BCUT2D eigenvalue weighted by Gasteiger charge is -2.29. The van der Waals surface area contributed by atoms with Gasteiger partial charge in [-0.05, 0) is 349 Å². The molecule has 670 valence electrons. The van der Waals surface area contributed by atoms with Crippen molar-refractivity contribution in [3.63, 3.8) is 0 Å². The molecule has 0 atom stereocenters. The number of hydrogen-bond acceptors (Lipinski definition) is 16. The van der Waals surface area contributed by atoms with Gasteiger partial charge >= 0.3 is 11.9 Å². The van der Waals surface area contributed by atoms with E-state index in [9.17, 15) is 28.8 Å².